The van der Waals surface area contributed by atoms with Crippen LogP contribution in [0, 0.1) is 0 Å². The molecule has 0 amide bonds. The average Bonchev–Trinajstić information content (AvgIpc) is 3.01. The second kappa shape index (κ2) is 5.19. The van der Waals surface area contributed by atoms with Gasteiger partial charge in [0, 0.05) is 12.7 Å². The molecule has 3 heterocycles. The molecule has 1 atom stereocenters. The summed E-state index contributed by atoms with van der Waals surface area (Å²) in [6.07, 6.45) is 2.95. The number of aliphatic hydroxyl groups is 1. The number of hydrogen-bond acceptors (Lipinski definition) is 4. The largest absolute Gasteiger partial charge is 0.389 e. The molecular weight excluding hydrogens is 326 g/mol. The molecule has 0 radical (unpaired) electrons. The van der Waals surface area contributed by atoms with Crippen molar-refractivity contribution in [2.24, 2.45) is 0 Å². The molecule has 0 saturated carbocycles. The molecule has 0 spiro atoms. The van der Waals surface area contributed by atoms with Crippen LogP contribution in [-0.2, 0) is 10.0 Å². The van der Waals surface area contributed by atoms with Gasteiger partial charge in [-0.2, -0.15) is 4.31 Å². The van der Waals surface area contributed by atoms with E-state index < -0.39 is 21.7 Å². The smallest absolute Gasteiger partial charge is 0.262 e. The van der Waals surface area contributed by atoms with Crippen molar-refractivity contribution in [1.29, 1.82) is 0 Å². The Morgan fingerprint density at radius 2 is 2.14 bits per heavy atom. The number of imidazole rings is 1. The van der Waals surface area contributed by atoms with E-state index in [1.54, 1.807) is 38.2 Å². The van der Waals surface area contributed by atoms with Gasteiger partial charge in [0.25, 0.3) is 10.0 Å². The highest BCUT2D eigenvalue weighted by molar-refractivity contribution is 7.89. The second-order valence-corrected chi connectivity index (χ2v) is 8.23. The number of sulfonamides is 1. The fourth-order valence-corrected chi connectivity index (χ4v) is 5.44. The lowest BCUT2D eigenvalue weighted by molar-refractivity contribution is 0.0214. The van der Waals surface area contributed by atoms with Crippen molar-refractivity contribution in [2.45, 2.75) is 43.4 Å². The molecule has 1 unspecified atom stereocenters. The topological polar surface area (TPSA) is 74.9 Å². The lowest BCUT2D eigenvalue weighted by atomic mass is 9.98. The van der Waals surface area contributed by atoms with E-state index in [0.29, 0.717) is 25.0 Å². The Labute approximate surface area is 134 Å². The summed E-state index contributed by atoms with van der Waals surface area (Å²) < 4.78 is 28.9. The molecule has 120 valence electrons. The third-order valence-electron chi connectivity index (χ3n) is 4.02. The monoisotopic (exact) mass is 343 g/mol. The van der Waals surface area contributed by atoms with Crippen molar-refractivity contribution in [3.8, 4) is 0 Å². The van der Waals surface area contributed by atoms with E-state index in [4.69, 9.17) is 11.6 Å². The lowest BCUT2D eigenvalue weighted by Crippen LogP contribution is -2.48. The number of hydrogen-bond donors (Lipinski definition) is 1. The Balaban J connectivity index is 2.15. The van der Waals surface area contributed by atoms with Crippen LogP contribution in [0.3, 0.4) is 0 Å². The first-order valence-electron chi connectivity index (χ1n) is 7.10. The van der Waals surface area contributed by atoms with E-state index in [1.807, 2.05) is 0 Å². The van der Waals surface area contributed by atoms with Crippen LogP contribution in [0.5, 0.6) is 0 Å². The Morgan fingerprint density at radius 1 is 1.41 bits per heavy atom. The SMILES string of the molecule is CC(C)(O)C1CCCN1S(=O)(=O)c1c(Cl)nc2ccccn12. The number of fused-ring (bicyclic) bond motifs is 1. The predicted molar refractivity (Wildman–Crippen MR) is 83.4 cm³/mol. The second-order valence-electron chi connectivity index (χ2n) is 6.06. The van der Waals surface area contributed by atoms with E-state index in [0.717, 1.165) is 0 Å². The summed E-state index contributed by atoms with van der Waals surface area (Å²) in [6, 6.07) is 4.72. The number of nitrogens with zero attached hydrogens (tertiary/aromatic N) is 3. The molecule has 0 bridgehead atoms. The summed E-state index contributed by atoms with van der Waals surface area (Å²) in [5, 5.41) is 10.2. The van der Waals surface area contributed by atoms with Crippen LogP contribution in [0.4, 0.5) is 0 Å². The minimum Gasteiger partial charge on any atom is -0.389 e. The first-order valence-corrected chi connectivity index (χ1v) is 8.91. The highest BCUT2D eigenvalue weighted by Crippen LogP contribution is 2.34. The maximum atomic E-state index is 13.1. The van der Waals surface area contributed by atoms with Gasteiger partial charge in [-0.15, -0.1) is 0 Å². The molecule has 6 nitrogen and oxygen atoms in total. The van der Waals surface area contributed by atoms with Gasteiger partial charge in [0.15, 0.2) is 10.2 Å². The van der Waals surface area contributed by atoms with Crippen molar-refractivity contribution >= 4 is 27.3 Å². The molecule has 8 heteroatoms. The van der Waals surface area contributed by atoms with Crippen LogP contribution in [-0.4, -0.2) is 45.4 Å². The standard InChI is InChI=1S/C14H18ClN3O3S/c1-14(2,19)10-6-5-9-18(10)22(20,21)13-12(15)16-11-7-3-4-8-17(11)13/h3-4,7-8,10,19H,5-6,9H2,1-2H3. The van der Waals surface area contributed by atoms with Crippen LogP contribution in [0.25, 0.3) is 5.65 Å². The van der Waals surface area contributed by atoms with Crippen molar-refractivity contribution < 1.29 is 13.5 Å². The minimum absolute atomic E-state index is 0.0408. The minimum atomic E-state index is -3.84. The van der Waals surface area contributed by atoms with E-state index in [-0.39, 0.29) is 10.2 Å². The summed E-state index contributed by atoms with van der Waals surface area (Å²) in [5.74, 6) is 0. The zero-order valence-electron chi connectivity index (χ0n) is 12.4. The Morgan fingerprint density at radius 3 is 2.82 bits per heavy atom. The third-order valence-corrected chi connectivity index (χ3v) is 6.33. The average molecular weight is 344 g/mol. The van der Waals surface area contributed by atoms with Crippen molar-refractivity contribution in [2.75, 3.05) is 6.54 Å². The maximum absolute atomic E-state index is 13.1. The number of halogens is 1. The molecule has 0 aliphatic carbocycles. The molecule has 3 rings (SSSR count). The van der Waals surface area contributed by atoms with Gasteiger partial charge in [0.2, 0.25) is 0 Å². The quantitative estimate of drug-likeness (QED) is 0.923. The molecular formula is C14H18ClN3O3S. The van der Waals surface area contributed by atoms with E-state index in [1.165, 1.54) is 8.71 Å². The van der Waals surface area contributed by atoms with Crippen LogP contribution < -0.4 is 0 Å². The Bertz CT molecular complexity index is 810. The molecule has 1 saturated heterocycles. The van der Waals surface area contributed by atoms with E-state index in [9.17, 15) is 13.5 Å². The molecule has 1 aliphatic rings. The van der Waals surface area contributed by atoms with Crippen molar-refractivity contribution in [3.05, 3.63) is 29.5 Å². The van der Waals surface area contributed by atoms with E-state index >= 15 is 0 Å². The maximum Gasteiger partial charge on any atom is 0.262 e. The summed E-state index contributed by atoms with van der Waals surface area (Å²) in [4.78, 5) is 4.10. The van der Waals surface area contributed by atoms with Gasteiger partial charge in [-0.25, -0.2) is 13.4 Å². The van der Waals surface area contributed by atoms with Crippen LogP contribution in [0.1, 0.15) is 26.7 Å². The lowest BCUT2D eigenvalue weighted by Gasteiger charge is -2.32. The number of pyridine rings is 1. The van der Waals surface area contributed by atoms with Crippen LogP contribution in [0.15, 0.2) is 29.4 Å². The molecule has 22 heavy (non-hydrogen) atoms. The first kappa shape index (κ1) is 15.7. The fraction of sp³-hybridized carbons (Fsp3) is 0.500. The summed E-state index contributed by atoms with van der Waals surface area (Å²) in [6.45, 7) is 3.62. The molecule has 0 aromatic carbocycles. The molecule has 2 aromatic rings. The van der Waals surface area contributed by atoms with Gasteiger partial charge in [-0.05, 0) is 38.8 Å². The molecule has 1 N–H and O–H groups in total. The third kappa shape index (κ3) is 2.42. The number of rotatable bonds is 3. The van der Waals surface area contributed by atoms with E-state index in [2.05, 4.69) is 4.98 Å². The fourth-order valence-electron chi connectivity index (χ4n) is 3.02. The van der Waals surface area contributed by atoms with Crippen molar-refractivity contribution in [3.63, 3.8) is 0 Å². The van der Waals surface area contributed by atoms with Crippen LogP contribution >= 0.6 is 11.6 Å². The number of aromatic nitrogens is 2. The van der Waals surface area contributed by atoms with Gasteiger partial charge >= 0.3 is 0 Å². The molecule has 1 aliphatic heterocycles. The summed E-state index contributed by atoms with van der Waals surface area (Å²) >= 11 is 6.09. The normalized spacial score (nSPS) is 20.8. The van der Waals surface area contributed by atoms with Gasteiger partial charge in [0.1, 0.15) is 5.65 Å². The van der Waals surface area contributed by atoms with Gasteiger partial charge < -0.3 is 5.11 Å². The zero-order valence-corrected chi connectivity index (χ0v) is 14.0. The van der Waals surface area contributed by atoms with Crippen LogP contribution in [0.2, 0.25) is 5.15 Å². The summed E-state index contributed by atoms with van der Waals surface area (Å²) in [7, 11) is -3.84. The Hall–Kier alpha value is -1.15. The first-order chi connectivity index (χ1) is 10.2. The van der Waals surface area contributed by atoms with Gasteiger partial charge in [0.05, 0.1) is 11.6 Å². The highest BCUT2D eigenvalue weighted by Gasteiger charge is 2.44. The van der Waals surface area contributed by atoms with Crippen molar-refractivity contribution in [1.82, 2.24) is 13.7 Å². The molecule has 2 aromatic heterocycles. The zero-order chi connectivity index (χ0) is 16.1. The summed E-state index contributed by atoms with van der Waals surface area (Å²) in [5.41, 5.74) is -0.638. The Kier molecular flexibility index (Phi) is 3.71. The molecule has 1 fully saturated rings. The van der Waals surface area contributed by atoms with Gasteiger partial charge in [-0.1, -0.05) is 17.7 Å². The van der Waals surface area contributed by atoms with Gasteiger partial charge in [-0.3, -0.25) is 4.40 Å². The highest BCUT2D eigenvalue weighted by atomic mass is 35.5. The predicted octanol–water partition coefficient (Wildman–Crippen LogP) is 1.91.